The predicted octanol–water partition coefficient (Wildman–Crippen LogP) is 0.891. The Morgan fingerprint density at radius 1 is 1.48 bits per heavy atom. The molecule has 0 aromatic carbocycles. The second-order valence-corrected chi connectivity index (χ2v) is 5.62. The molecule has 21 heavy (non-hydrogen) atoms. The van der Waals surface area contributed by atoms with E-state index >= 15 is 0 Å². The van der Waals surface area contributed by atoms with Gasteiger partial charge in [0.15, 0.2) is 5.82 Å². The molecule has 0 bridgehead atoms. The topological polar surface area (TPSA) is 98.7 Å². The first kappa shape index (κ1) is 13.7. The lowest BCUT2D eigenvalue weighted by molar-refractivity contribution is -0.156. The van der Waals surface area contributed by atoms with Gasteiger partial charge in [0.1, 0.15) is 0 Å². The minimum atomic E-state index is -0.767. The molecule has 0 aliphatic heterocycles. The number of aromatic nitrogens is 6. The quantitative estimate of drug-likeness (QED) is 0.878. The van der Waals surface area contributed by atoms with Crippen molar-refractivity contribution in [3.63, 3.8) is 0 Å². The van der Waals surface area contributed by atoms with Crippen LogP contribution in [0.5, 0.6) is 0 Å². The molecule has 1 aliphatic rings. The van der Waals surface area contributed by atoms with Crippen LogP contribution >= 0.6 is 0 Å². The van der Waals surface area contributed by atoms with Crippen LogP contribution in [0.2, 0.25) is 0 Å². The highest BCUT2D eigenvalue weighted by Gasteiger charge is 2.45. The second kappa shape index (κ2) is 4.94. The summed E-state index contributed by atoms with van der Waals surface area (Å²) in [7, 11) is 1.85. The Morgan fingerprint density at radius 3 is 2.81 bits per heavy atom. The standard InChI is InChI=1S/C13H18N6O2/c1-3-10-9(7-18(2)15-10)11-14-16-17-19(11)8-13(12(20)21)5-4-6-13/h7H,3-6,8H2,1-2H3,(H,20,21). The van der Waals surface area contributed by atoms with Gasteiger partial charge in [0.25, 0.3) is 0 Å². The number of carboxylic acid groups (broad SMARTS) is 1. The molecule has 1 saturated carbocycles. The number of hydrogen-bond acceptors (Lipinski definition) is 5. The van der Waals surface area contributed by atoms with Crippen molar-refractivity contribution in [1.29, 1.82) is 0 Å². The Kier molecular flexibility index (Phi) is 3.23. The van der Waals surface area contributed by atoms with Crippen LogP contribution < -0.4 is 0 Å². The summed E-state index contributed by atoms with van der Waals surface area (Å²) in [5, 5.41) is 25.6. The Hall–Kier alpha value is -2.25. The monoisotopic (exact) mass is 290 g/mol. The molecule has 8 heteroatoms. The first-order valence-electron chi connectivity index (χ1n) is 7.08. The Morgan fingerprint density at radius 2 is 2.24 bits per heavy atom. The number of carboxylic acids is 1. The van der Waals surface area contributed by atoms with Crippen molar-refractivity contribution >= 4 is 5.97 Å². The van der Waals surface area contributed by atoms with Crippen molar-refractivity contribution in [2.24, 2.45) is 12.5 Å². The van der Waals surface area contributed by atoms with Gasteiger partial charge in [0.05, 0.1) is 23.2 Å². The summed E-state index contributed by atoms with van der Waals surface area (Å²) in [5.41, 5.74) is 1.05. The van der Waals surface area contributed by atoms with Crippen LogP contribution in [0.3, 0.4) is 0 Å². The van der Waals surface area contributed by atoms with E-state index in [1.807, 2.05) is 20.2 Å². The number of aryl methyl sites for hydroxylation is 2. The van der Waals surface area contributed by atoms with E-state index in [-0.39, 0.29) is 0 Å². The molecule has 0 spiro atoms. The van der Waals surface area contributed by atoms with Crippen molar-refractivity contribution in [3.05, 3.63) is 11.9 Å². The number of rotatable bonds is 5. The lowest BCUT2D eigenvalue weighted by atomic mass is 9.69. The van der Waals surface area contributed by atoms with Gasteiger partial charge in [-0.15, -0.1) is 5.10 Å². The highest BCUT2D eigenvalue weighted by molar-refractivity contribution is 5.75. The van der Waals surface area contributed by atoms with Crippen molar-refractivity contribution in [1.82, 2.24) is 30.0 Å². The van der Waals surface area contributed by atoms with Crippen LogP contribution in [-0.2, 0) is 24.8 Å². The fourth-order valence-corrected chi connectivity index (χ4v) is 2.82. The van der Waals surface area contributed by atoms with Crippen molar-refractivity contribution in [3.8, 4) is 11.4 Å². The van der Waals surface area contributed by atoms with E-state index in [0.29, 0.717) is 25.2 Å². The van der Waals surface area contributed by atoms with Gasteiger partial charge < -0.3 is 5.11 Å². The lowest BCUT2D eigenvalue weighted by Crippen LogP contribution is -2.42. The van der Waals surface area contributed by atoms with Gasteiger partial charge in [-0.25, -0.2) is 4.68 Å². The minimum Gasteiger partial charge on any atom is -0.481 e. The second-order valence-electron chi connectivity index (χ2n) is 5.62. The third-order valence-electron chi connectivity index (χ3n) is 4.23. The van der Waals surface area contributed by atoms with E-state index in [1.165, 1.54) is 0 Å². The molecule has 3 rings (SSSR count). The predicted molar refractivity (Wildman–Crippen MR) is 73.3 cm³/mol. The molecule has 112 valence electrons. The molecule has 0 atom stereocenters. The molecular weight excluding hydrogens is 272 g/mol. The third-order valence-corrected chi connectivity index (χ3v) is 4.23. The van der Waals surface area contributed by atoms with Crippen LogP contribution in [0.1, 0.15) is 31.9 Å². The van der Waals surface area contributed by atoms with E-state index in [1.54, 1.807) is 9.36 Å². The molecule has 1 N–H and O–H groups in total. The van der Waals surface area contributed by atoms with Crippen molar-refractivity contribution < 1.29 is 9.90 Å². The van der Waals surface area contributed by atoms with Gasteiger partial charge in [-0.05, 0) is 29.7 Å². The lowest BCUT2D eigenvalue weighted by Gasteiger charge is -2.37. The van der Waals surface area contributed by atoms with Crippen LogP contribution in [0.25, 0.3) is 11.4 Å². The van der Waals surface area contributed by atoms with Gasteiger partial charge in [-0.2, -0.15) is 5.10 Å². The average Bonchev–Trinajstić information content (AvgIpc) is 2.98. The number of tetrazole rings is 1. The molecular formula is C13H18N6O2. The maximum Gasteiger partial charge on any atom is 0.311 e. The summed E-state index contributed by atoms with van der Waals surface area (Å²) in [6.07, 6.45) is 4.93. The summed E-state index contributed by atoms with van der Waals surface area (Å²) >= 11 is 0. The zero-order valence-electron chi connectivity index (χ0n) is 12.2. The number of hydrogen-bond donors (Lipinski definition) is 1. The molecule has 0 amide bonds. The van der Waals surface area contributed by atoms with Crippen LogP contribution in [0.15, 0.2) is 6.20 Å². The van der Waals surface area contributed by atoms with E-state index in [4.69, 9.17) is 0 Å². The van der Waals surface area contributed by atoms with E-state index < -0.39 is 11.4 Å². The summed E-state index contributed by atoms with van der Waals surface area (Å²) in [5.74, 6) is -0.176. The van der Waals surface area contributed by atoms with Crippen LogP contribution in [0.4, 0.5) is 0 Å². The van der Waals surface area contributed by atoms with Gasteiger partial charge in [0.2, 0.25) is 0 Å². The largest absolute Gasteiger partial charge is 0.481 e. The van der Waals surface area contributed by atoms with E-state index in [9.17, 15) is 9.90 Å². The fourth-order valence-electron chi connectivity index (χ4n) is 2.82. The Labute approximate surface area is 121 Å². The summed E-state index contributed by atoms with van der Waals surface area (Å²) < 4.78 is 3.33. The SMILES string of the molecule is CCc1nn(C)cc1-c1nnnn1CC1(C(=O)O)CCC1. The molecule has 0 unspecified atom stereocenters. The molecule has 2 heterocycles. The van der Waals surface area contributed by atoms with Crippen molar-refractivity contribution in [2.75, 3.05) is 0 Å². The summed E-state index contributed by atoms with van der Waals surface area (Å²) in [6.45, 7) is 2.33. The zero-order chi connectivity index (χ0) is 15.0. The minimum absolute atomic E-state index is 0.308. The number of aliphatic carboxylic acids is 1. The molecule has 2 aromatic rings. The Balaban J connectivity index is 1.96. The van der Waals surface area contributed by atoms with E-state index in [2.05, 4.69) is 20.6 Å². The van der Waals surface area contributed by atoms with Crippen LogP contribution in [-0.4, -0.2) is 41.1 Å². The number of nitrogens with zero attached hydrogens (tertiary/aromatic N) is 6. The van der Waals surface area contributed by atoms with Gasteiger partial charge in [-0.1, -0.05) is 13.3 Å². The maximum atomic E-state index is 11.5. The molecule has 8 nitrogen and oxygen atoms in total. The smallest absolute Gasteiger partial charge is 0.311 e. The fraction of sp³-hybridized carbons (Fsp3) is 0.615. The number of carbonyl (C=O) groups is 1. The van der Waals surface area contributed by atoms with Gasteiger partial charge >= 0.3 is 5.97 Å². The third kappa shape index (κ3) is 2.20. The van der Waals surface area contributed by atoms with Crippen molar-refractivity contribution in [2.45, 2.75) is 39.2 Å². The van der Waals surface area contributed by atoms with Crippen LogP contribution in [0, 0.1) is 5.41 Å². The van der Waals surface area contributed by atoms with Gasteiger partial charge in [-0.3, -0.25) is 9.48 Å². The summed E-state index contributed by atoms with van der Waals surface area (Å²) in [6, 6.07) is 0. The normalized spacial score (nSPS) is 16.7. The molecule has 0 radical (unpaired) electrons. The zero-order valence-corrected chi connectivity index (χ0v) is 12.2. The molecule has 2 aromatic heterocycles. The summed E-state index contributed by atoms with van der Waals surface area (Å²) in [4.78, 5) is 11.5. The first-order chi connectivity index (χ1) is 10.1. The average molecular weight is 290 g/mol. The molecule has 1 aliphatic carbocycles. The Bertz CT molecular complexity index is 670. The molecule has 0 saturated heterocycles. The maximum absolute atomic E-state index is 11.5. The highest BCUT2D eigenvalue weighted by atomic mass is 16.4. The van der Waals surface area contributed by atoms with E-state index in [0.717, 1.165) is 24.1 Å². The molecule has 1 fully saturated rings. The van der Waals surface area contributed by atoms with Gasteiger partial charge in [0, 0.05) is 13.2 Å². The highest BCUT2D eigenvalue weighted by Crippen LogP contribution is 2.43. The first-order valence-corrected chi connectivity index (χ1v) is 7.08.